The minimum Gasteiger partial charge on any atom is -0.476 e. The number of aromatic amines is 1. The minimum absolute atomic E-state index is 0.0119. The lowest BCUT2D eigenvalue weighted by molar-refractivity contribution is 0.0533. The number of amides is 1. The smallest absolute Gasteiger partial charge is 0.407 e. The number of aromatic nitrogens is 2. The molecular formula is C16H19N3O4. The Bertz CT molecular complexity index is 756. The zero-order valence-electron chi connectivity index (χ0n) is 13.2. The normalized spacial score (nSPS) is 11.8. The number of carboxylic acid groups (broad SMARTS) is 1. The van der Waals surface area contributed by atoms with Crippen LogP contribution in [0.5, 0.6) is 0 Å². The van der Waals surface area contributed by atoms with Crippen LogP contribution in [-0.2, 0) is 4.74 Å². The van der Waals surface area contributed by atoms with Crippen molar-refractivity contribution in [3.05, 3.63) is 35.5 Å². The van der Waals surface area contributed by atoms with Crippen LogP contribution >= 0.6 is 0 Å². The van der Waals surface area contributed by atoms with Gasteiger partial charge < -0.3 is 15.2 Å². The number of carboxylic acids is 1. The van der Waals surface area contributed by atoms with Gasteiger partial charge in [-0.15, -0.1) is 0 Å². The van der Waals surface area contributed by atoms with E-state index in [0.29, 0.717) is 17.4 Å². The Balaban J connectivity index is 2.00. The van der Waals surface area contributed by atoms with E-state index in [9.17, 15) is 9.59 Å². The van der Waals surface area contributed by atoms with Crippen molar-refractivity contribution >= 4 is 29.0 Å². The topological polar surface area (TPSA) is 104 Å². The first-order valence-electron chi connectivity index (χ1n) is 7.11. The highest BCUT2D eigenvalue weighted by molar-refractivity contribution is 6.01. The van der Waals surface area contributed by atoms with E-state index < -0.39 is 17.7 Å². The maximum Gasteiger partial charge on any atom is 0.407 e. The number of ether oxygens (including phenoxy) is 1. The molecule has 1 amide bonds. The van der Waals surface area contributed by atoms with Crippen LogP contribution in [0, 0.1) is 0 Å². The highest BCUT2D eigenvalue weighted by atomic mass is 16.6. The summed E-state index contributed by atoms with van der Waals surface area (Å²) >= 11 is 0. The van der Waals surface area contributed by atoms with Crippen molar-refractivity contribution in [2.75, 3.05) is 6.54 Å². The molecule has 0 spiro atoms. The first kappa shape index (κ1) is 16.5. The molecule has 2 rings (SSSR count). The molecule has 0 radical (unpaired) electrons. The van der Waals surface area contributed by atoms with E-state index in [1.807, 2.05) is 6.07 Å². The third-order valence-corrected chi connectivity index (χ3v) is 2.86. The summed E-state index contributed by atoms with van der Waals surface area (Å²) in [7, 11) is 0. The lowest BCUT2D eigenvalue weighted by atomic mass is 10.1. The van der Waals surface area contributed by atoms with Crippen molar-refractivity contribution < 1.29 is 19.4 Å². The van der Waals surface area contributed by atoms with Gasteiger partial charge in [-0.3, -0.25) is 5.10 Å². The first-order valence-corrected chi connectivity index (χ1v) is 7.11. The summed E-state index contributed by atoms with van der Waals surface area (Å²) in [6.45, 7) is 5.69. The van der Waals surface area contributed by atoms with Crippen molar-refractivity contribution in [1.82, 2.24) is 15.5 Å². The van der Waals surface area contributed by atoms with Gasteiger partial charge in [0.25, 0.3) is 0 Å². The van der Waals surface area contributed by atoms with Crippen LogP contribution in [0.3, 0.4) is 0 Å². The largest absolute Gasteiger partial charge is 0.476 e. The van der Waals surface area contributed by atoms with E-state index in [-0.39, 0.29) is 5.69 Å². The van der Waals surface area contributed by atoms with Gasteiger partial charge >= 0.3 is 12.1 Å². The molecule has 7 heteroatoms. The molecule has 0 aliphatic rings. The molecule has 1 aromatic heterocycles. The van der Waals surface area contributed by atoms with E-state index in [4.69, 9.17) is 9.84 Å². The molecule has 7 nitrogen and oxygen atoms in total. The SMILES string of the molecule is CC(C)(C)OC(=O)NCC=Cc1ccc2[nH]nc(C(=O)O)c2c1. The lowest BCUT2D eigenvalue weighted by Gasteiger charge is -2.19. The average Bonchev–Trinajstić information content (AvgIpc) is 2.85. The van der Waals surface area contributed by atoms with E-state index in [1.54, 1.807) is 45.1 Å². The molecule has 2 aromatic rings. The molecule has 0 unspecified atom stereocenters. The first-order chi connectivity index (χ1) is 10.8. The molecule has 0 fully saturated rings. The number of rotatable bonds is 4. The van der Waals surface area contributed by atoms with Gasteiger partial charge in [-0.25, -0.2) is 9.59 Å². The van der Waals surface area contributed by atoms with Crippen LogP contribution in [0.2, 0.25) is 0 Å². The molecule has 23 heavy (non-hydrogen) atoms. The standard InChI is InChI=1S/C16H19N3O4/c1-16(2,3)23-15(22)17-8-4-5-10-6-7-12-11(9-10)13(14(20)21)19-18-12/h4-7,9H,8H2,1-3H3,(H,17,22)(H,18,19)(H,20,21). The van der Waals surface area contributed by atoms with Crippen molar-refractivity contribution in [3.63, 3.8) is 0 Å². The number of aromatic carboxylic acids is 1. The van der Waals surface area contributed by atoms with Gasteiger partial charge in [0.2, 0.25) is 0 Å². The fourth-order valence-corrected chi connectivity index (χ4v) is 1.95. The molecule has 122 valence electrons. The number of nitrogens with zero attached hydrogens (tertiary/aromatic N) is 1. The minimum atomic E-state index is -1.08. The molecule has 0 aliphatic heterocycles. The number of carbonyl (C=O) groups is 2. The molecule has 3 N–H and O–H groups in total. The number of hydrogen-bond acceptors (Lipinski definition) is 4. The highest BCUT2D eigenvalue weighted by Crippen LogP contribution is 2.18. The van der Waals surface area contributed by atoms with Gasteiger partial charge in [-0.2, -0.15) is 5.10 Å². The Morgan fingerprint density at radius 1 is 1.39 bits per heavy atom. The average molecular weight is 317 g/mol. The second-order valence-corrected chi connectivity index (χ2v) is 5.97. The second-order valence-electron chi connectivity index (χ2n) is 5.97. The Morgan fingerprint density at radius 3 is 2.78 bits per heavy atom. The summed E-state index contributed by atoms with van der Waals surface area (Å²) in [4.78, 5) is 22.6. The van der Waals surface area contributed by atoms with Gasteiger partial charge in [-0.05, 0) is 38.5 Å². The van der Waals surface area contributed by atoms with Crippen LogP contribution in [0.15, 0.2) is 24.3 Å². The summed E-state index contributed by atoms with van der Waals surface area (Å²) in [5.41, 5.74) is 0.925. The number of benzene rings is 1. The molecule has 0 aliphatic carbocycles. The summed E-state index contributed by atoms with van der Waals surface area (Å²) in [5.74, 6) is -1.08. The third-order valence-electron chi connectivity index (χ3n) is 2.86. The molecule has 1 heterocycles. The van der Waals surface area contributed by atoms with E-state index in [1.165, 1.54) is 0 Å². The Morgan fingerprint density at radius 2 is 2.13 bits per heavy atom. The fraction of sp³-hybridized carbons (Fsp3) is 0.312. The summed E-state index contributed by atoms with van der Waals surface area (Å²) in [6.07, 6.45) is 3.06. The predicted octanol–water partition coefficient (Wildman–Crippen LogP) is 2.80. The zero-order chi connectivity index (χ0) is 17.0. The van der Waals surface area contributed by atoms with Crippen LogP contribution in [0.4, 0.5) is 4.79 Å². The lowest BCUT2D eigenvalue weighted by Crippen LogP contribution is -2.32. The predicted molar refractivity (Wildman–Crippen MR) is 86.3 cm³/mol. The summed E-state index contributed by atoms with van der Waals surface area (Å²) < 4.78 is 5.12. The van der Waals surface area contributed by atoms with Crippen LogP contribution in [0.1, 0.15) is 36.8 Å². The van der Waals surface area contributed by atoms with Gasteiger partial charge in [-0.1, -0.05) is 18.2 Å². The maximum absolute atomic E-state index is 11.5. The summed E-state index contributed by atoms with van der Waals surface area (Å²) in [6, 6.07) is 5.32. The van der Waals surface area contributed by atoms with Crippen molar-refractivity contribution in [3.8, 4) is 0 Å². The highest BCUT2D eigenvalue weighted by Gasteiger charge is 2.15. The zero-order valence-corrected chi connectivity index (χ0v) is 13.2. The third kappa shape index (κ3) is 4.57. The van der Waals surface area contributed by atoms with Crippen molar-refractivity contribution in [2.45, 2.75) is 26.4 Å². The van der Waals surface area contributed by atoms with Gasteiger partial charge in [0, 0.05) is 11.9 Å². The van der Waals surface area contributed by atoms with E-state index in [0.717, 1.165) is 5.56 Å². The number of carbonyl (C=O) groups excluding carboxylic acids is 1. The fourth-order valence-electron chi connectivity index (χ4n) is 1.95. The van der Waals surface area contributed by atoms with Gasteiger partial charge in [0.05, 0.1) is 5.52 Å². The van der Waals surface area contributed by atoms with E-state index in [2.05, 4.69) is 15.5 Å². The van der Waals surface area contributed by atoms with Crippen LogP contribution in [0.25, 0.3) is 17.0 Å². The van der Waals surface area contributed by atoms with E-state index >= 15 is 0 Å². The molecule has 0 atom stereocenters. The number of nitrogens with one attached hydrogen (secondary N) is 2. The maximum atomic E-state index is 11.5. The van der Waals surface area contributed by atoms with Crippen LogP contribution < -0.4 is 5.32 Å². The number of fused-ring (bicyclic) bond motifs is 1. The number of H-pyrrole nitrogens is 1. The molecule has 0 bridgehead atoms. The van der Waals surface area contributed by atoms with Crippen molar-refractivity contribution in [1.29, 1.82) is 0 Å². The Kier molecular flexibility index (Phi) is 4.68. The molecular weight excluding hydrogens is 298 g/mol. The second kappa shape index (κ2) is 6.51. The van der Waals surface area contributed by atoms with Crippen molar-refractivity contribution in [2.24, 2.45) is 0 Å². The monoisotopic (exact) mass is 317 g/mol. The molecule has 0 saturated carbocycles. The Hall–Kier alpha value is -2.83. The summed E-state index contributed by atoms with van der Waals surface area (Å²) in [5, 5.41) is 18.7. The Labute approximate surface area is 133 Å². The van der Waals surface area contributed by atoms with Gasteiger partial charge in [0.1, 0.15) is 5.60 Å². The number of alkyl carbamates (subject to hydrolysis) is 1. The number of hydrogen-bond donors (Lipinski definition) is 3. The molecule has 0 saturated heterocycles. The molecule has 1 aromatic carbocycles. The van der Waals surface area contributed by atoms with Gasteiger partial charge in [0.15, 0.2) is 5.69 Å². The quantitative estimate of drug-likeness (QED) is 0.804. The van der Waals surface area contributed by atoms with Crippen LogP contribution in [-0.4, -0.2) is 39.5 Å².